The summed E-state index contributed by atoms with van der Waals surface area (Å²) in [5.41, 5.74) is 1.84. The van der Waals surface area contributed by atoms with Crippen molar-refractivity contribution in [3.8, 4) is 0 Å². The first kappa shape index (κ1) is 20.8. The fourth-order valence-corrected chi connectivity index (χ4v) is 4.00. The topological polar surface area (TPSA) is 66.5 Å². The van der Waals surface area contributed by atoms with Gasteiger partial charge in [-0.1, -0.05) is 32.0 Å². The summed E-state index contributed by atoms with van der Waals surface area (Å²) < 4.78 is 39.5. The lowest BCUT2D eigenvalue weighted by atomic mass is 10.2. The Hall–Kier alpha value is -2.51. The Kier molecular flexibility index (Phi) is 6.87. The highest BCUT2D eigenvalue weighted by molar-refractivity contribution is 7.89. The molecule has 0 spiro atoms. The third-order valence-corrected chi connectivity index (χ3v) is 6.17. The summed E-state index contributed by atoms with van der Waals surface area (Å²) >= 11 is 0. The zero-order valence-corrected chi connectivity index (χ0v) is 16.4. The molecule has 2 aromatic carbocycles. The van der Waals surface area contributed by atoms with Gasteiger partial charge in [0.1, 0.15) is 5.82 Å². The van der Waals surface area contributed by atoms with Crippen molar-refractivity contribution in [2.75, 3.05) is 18.4 Å². The third kappa shape index (κ3) is 5.24. The number of rotatable bonds is 7. The van der Waals surface area contributed by atoms with Crippen LogP contribution < -0.4 is 5.32 Å². The van der Waals surface area contributed by atoms with Crippen molar-refractivity contribution in [3.63, 3.8) is 0 Å². The maximum absolute atomic E-state index is 13.3. The molecule has 1 N–H and O–H groups in total. The summed E-state index contributed by atoms with van der Waals surface area (Å²) in [6.45, 7) is 6.16. The van der Waals surface area contributed by atoms with E-state index in [0.29, 0.717) is 24.3 Å². The van der Waals surface area contributed by atoms with Crippen LogP contribution in [0.5, 0.6) is 0 Å². The molecule has 27 heavy (non-hydrogen) atoms. The van der Waals surface area contributed by atoms with Gasteiger partial charge in [-0.2, -0.15) is 4.31 Å². The summed E-state index contributed by atoms with van der Waals surface area (Å²) in [6, 6.07) is 10.5. The Balaban J connectivity index is 2.09. The number of amides is 1. The Morgan fingerprint density at radius 2 is 1.74 bits per heavy atom. The van der Waals surface area contributed by atoms with Crippen LogP contribution in [0.1, 0.15) is 25.0 Å². The molecule has 0 atom stereocenters. The van der Waals surface area contributed by atoms with E-state index in [2.05, 4.69) is 5.32 Å². The molecule has 0 aliphatic heterocycles. The van der Waals surface area contributed by atoms with E-state index in [0.717, 1.165) is 5.56 Å². The Bertz CT molecular complexity index is 934. The number of nitrogens with zero attached hydrogens (tertiary/aromatic N) is 1. The van der Waals surface area contributed by atoms with Gasteiger partial charge in [0.2, 0.25) is 15.9 Å². The highest BCUT2D eigenvalue weighted by Crippen LogP contribution is 2.18. The van der Waals surface area contributed by atoms with Gasteiger partial charge in [-0.05, 0) is 48.4 Å². The Morgan fingerprint density at radius 3 is 2.33 bits per heavy atom. The number of sulfonamides is 1. The first-order valence-corrected chi connectivity index (χ1v) is 10.1. The summed E-state index contributed by atoms with van der Waals surface area (Å²) in [6.07, 6.45) is 2.88. The zero-order chi connectivity index (χ0) is 20.0. The molecule has 0 saturated heterocycles. The van der Waals surface area contributed by atoms with Crippen LogP contribution in [0.3, 0.4) is 0 Å². The van der Waals surface area contributed by atoms with Crippen molar-refractivity contribution in [2.24, 2.45) is 0 Å². The average Bonchev–Trinajstić information content (AvgIpc) is 2.64. The quantitative estimate of drug-likeness (QED) is 0.731. The van der Waals surface area contributed by atoms with Gasteiger partial charge in [-0.25, -0.2) is 12.8 Å². The minimum Gasteiger partial charge on any atom is -0.322 e. The number of aryl methyl sites for hydroxylation is 1. The van der Waals surface area contributed by atoms with E-state index in [1.165, 1.54) is 34.6 Å². The fourth-order valence-electron chi connectivity index (χ4n) is 2.54. The van der Waals surface area contributed by atoms with Crippen molar-refractivity contribution < 1.29 is 17.6 Å². The maximum Gasteiger partial charge on any atom is 0.248 e. The highest BCUT2D eigenvalue weighted by Gasteiger charge is 2.20. The number of anilines is 1. The van der Waals surface area contributed by atoms with Crippen LogP contribution in [0.15, 0.2) is 53.4 Å². The molecule has 144 valence electrons. The molecule has 0 bridgehead atoms. The van der Waals surface area contributed by atoms with E-state index in [1.807, 2.05) is 0 Å². The van der Waals surface area contributed by atoms with Crippen molar-refractivity contribution >= 4 is 27.7 Å². The zero-order valence-electron chi connectivity index (χ0n) is 15.6. The molecule has 7 heteroatoms. The molecular weight excluding hydrogens is 367 g/mol. The van der Waals surface area contributed by atoms with Gasteiger partial charge >= 0.3 is 0 Å². The minimum atomic E-state index is -3.50. The molecule has 1 amide bonds. The number of hydrogen-bond donors (Lipinski definition) is 1. The van der Waals surface area contributed by atoms with Gasteiger partial charge in [-0.3, -0.25) is 4.79 Å². The number of benzene rings is 2. The van der Waals surface area contributed by atoms with Crippen molar-refractivity contribution in [1.29, 1.82) is 0 Å². The smallest absolute Gasteiger partial charge is 0.248 e. The summed E-state index contributed by atoms with van der Waals surface area (Å²) in [7, 11) is -3.50. The second-order valence-electron chi connectivity index (χ2n) is 5.94. The van der Waals surface area contributed by atoms with Crippen LogP contribution in [0.4, 0.5) is 10.1 Å². The molecule has 0 aliphatic carbocycles. The normalized spacial score (nSPS) is 11.9. The largest absolute Gasteiger partial charge is 0.322 e. The van der Waals surface area contributed by atoms with Crippen LogP contribution >= 0.6 is 0 Å². The first-order chi connectivity index (χ1) is 12.8. The van der Waals surface area contributed by atoms with Gasteiger partial charge < -0.3 is 5.32 Å². The van der Waals surface area contributed by atoms with E-state index < -0.39 is 21.7 Å². The number of carbonyl (C=O) groups is 1. The first-order valence-electron chi connectivity index (χ1n) is 8.63. The second-order valence-corrected chi connectivity index (χ2v) is 7.88. The molecule has 2 aromatic rings. The molecule has 0 fully saturated rings. The van der Waals surface area contributed by atoms with E-state index in [-0.39, 0.29) is 4.90 Å². The molecule has 2 rings (SSSR count). The number of hydrogen-bond acceptors (Lipinski definition) is 3. The van der Waals surface area contributed by atoms with E-state index >= 15 is 0 Å². The SMILES string of the molecule is CCN(CC)S(=O)(=O)c1ccc(/C=C/C(=O)Nc2cc(F)ccc2C)cc1. The van der Waals surface area contributed by atoms with E-state index in [4.69, 9.17) is 0 Å². The molecule has 0 saturated carbocycles. The van der Waals surface area contributed by atoms with Crippen LogP contribution in [-0.4, -0.2) is 31.7 Å². The van der Waals surface area contributed by atoms with Gasteiger partial charge in [0.05, 0.1) is 4.90 Å². The molecule has 0 heterocycles. The lowest BCUT2D eigenvalue weighted by Gasteiger charge is -2.18. The van der Waals surface area contributed by atoms with Gasteiger partial charge in [0.15, 0.2) is 0 Å². The van der Waals surface area contributed by atoms with Crippen LogP contribution in [0.25, 0.3) is 6.08 Å². The minimum absolute atomic E-state index is 0.211. The molecule has 0 unspecified atom stereocenters. The van der Waals surface area contributed by atoms with Crippen molar-refractivity contribution in [1.82, 2.24) is 4.31 Å². The van der Waals surface area contributed by atoms with Crippen molar-refractivity contribution in [2.45, 2.75) is 25.7 Å². The predicted molar refractivity (Wildman–Crippen MR) is 105 cm³/mol. The summed E-state index contributed by atoms with van der Waals surface area (Å²) in [5.74, 6) is -0.826. The monoisotopic (exact) mass is 390 g/mol. The second kappa shape index (κ2) is 8.92. The molecular formula is C20H23FN2O3S. The standard InChI is InChI=1S/C20H23FN2O3S/c1-4-23(5-2)27(25,26)18-11-7-16(8-12-18)9-13-20(24)22-19-14-17(21)10-6-15(19)3/h6-14H,4-5H2,1-3H3,(H,22,24)/b13-9+. The Labute approximate surface area is 159 Å². The Morgan fingerprint density at radius 1 is 1.11 bits per heavy atom. The van der Waals surface area contributed by atoms with E-state index in [1.54, 1.807) is 45.0 Å². The number of carbonyl (C=O) groups excluding carboxylic acids is 1. The number of nitrogens with one attached hydrogen (secondary N) is 1. The average molecular weight is 390 g/mol. The van der Waals surface area contributed by atoms with E-state index in [9.17, 15) is 17.6 Å². The van der Waals surface area contributed by atoms with Gasteiger partial charge in [0.25, 0.3) is 0 Å². The van der Waals surface area contributed by atoms with Crippen molar-refractivity contribution in [3.05, 3.63) is 65.5 Å². The third-order valence-electron chi connectivity index (χ3n) is 4.11. The predicted octanol–water partition coefficient (Wildman–Crippen LogP) is 3.82. The van der Waals surface area contributed by atoms with Crippen LogP contribution in [-0.2, 0) is 14.8 Å². The van der Waals surface area contributed by atoms with Crippen LogP contribution in [0.2, 0.25) is 0 Å². The summed E-state index contributed by atoms with van der Waals surface area (Å²) in [5, 5.41) is 2.62. The van der Waals surface area contributed by atoms with Crippen LogP contribution in [0, 0.1) is 12.7 Å². The summed E-state index contributed by atoms with van der Waals surface area (Å²) in [4.78, 5) is 12.2. The molecule has 0 aliphatic rings. The fraction of sp³-hybridized carbons (Fsp3) is 0.250. The molecule has 0 radical (unpaired) electrons. The number of halogens is 1. The lowest BCUT2D eigenvalue weighted by Crippen LogP contribution is -2.30. The maximum atomic E-state index is 13.3. The van der Waals surface area contributed by atoms with Gasteiger partial charge in [-0.15, -0.1) is 0 Å². The molecule has 5 nitrogen and oxygen atoms in total. The molecule has 0 aromatic heterocycles. The van der Waals surface area contributed by atoms with Gasteiger partial charge in [0, 0.05) is 24.9 Å². The highest BCUT2D eigenvalue weighted by atomic mass is 32.2. The lowest BCUT2D eigenvalue weighted by molar-refractivity contribution is -0.111.